The topological polar surface area (TPSA) is 83.1 Å². The average Bonchev–Trinajstić information content (AvgIpc) is 3.16. The molecule has 35 heavy (non-hydrogen) atoms. The van der Waals surface area contributed by atoms with E-state index in [4.69, 9.17) is 30.5 Å². The van der Waals surface area contributed by atoms with Crippen molar-refractivity contribution in [1.82, 2.24) is 0 Å². The third-order valence-corrected chi connectivity index (χ3v) is 6.24. The van der Waals surface area contributed by atoms with Crippen LogP contribution in [0.25, 0.3) is 11.1 Å². The number of carbonyl (C=O) groups excluding carboxylic acids is 2. The van der Waals surface area contributed by atoms with Crippen LogP contribution in [-0.2, 0) is 4.74 Å². The second-order valence-electron chi connectivity index (χ2n) is 7.29. The Labute approximate surface area is 213 Å². The minimum atomic E-state index is -0.559. The number of benzene rings is 2. The van der Waals surface area contributed by atoms with Crippen LogP contribution >= 0.6 is 22.9 Å². The number of anilines is 1. The van der Waals surface area contributed by atoms with E-state index in [1.807, 2.05) is 33.8 Å². The van der Waals surface area contributed by atoms with Gasteiger partial charge in [-0.2, -0.15) is 0 Å². The quantitative estimate of drug-likeness (QED) is 0.304. The molecule has 9 heteroatoms. The number of amides is 1. The van der Waals surface area contributed by atoms with Gasteiger partial charge in [0.25, 0.3) is 5.91 Å². The van der Waals surface area contributed by atoms with Gasteiger partial charge < -0.3 is 24.3 Å². The normalized spacial score (nSPS) is 10.6. The number of thiophene rings is 1. The number of esters is 1. The van der Waals surface area contributed by atoms with Gasteiger partial charge in [-0.25, -0.2) is 4.79 Å². The highest BCUT2D eigenvalue weighted by Crippen LogP contribution is 2.42. The van der Waals surface area contributed by atoms with E-state index >= 15 is 0 Å². The molecule has 0 bridgehead atoms. The zero-order valence-corrected chi connectivity index (χ0v) is 21.9. The van der Waals surface area contributed by atoms with E-state index in [2.05, 4.69) is 5.32 Å². The lowest BCUT2D eigenvalue weighted by molar-refractivity contribution is 0.0603. The summed E-state index contributed by atoms with van der Waals surface area (Å²) in [6.07, 6.45) is 0. The Balaban J connectivity index is 2.07. The summed E-state index contributed by atoms with van der Waals surface area (Å²) in [6.45, 7) is 8.60. The van der Waals surface area contributed by atoms with Gasteiger partial charge in [0.15, 0.2) is 11.5 Å². The fourth-order valence-electron chi connectivity index (χ4n) is 3.62. The number of nitrogens with one attached hydrogen (secondary N) is 1. The highest BCUT2D eigenvalue weighted by atomic mass is 35.5. The maximum absolute atomic E-state index is 13.3. The van der Waals surface area contributed by atoms with Crippen molar-refractivity contribution in [1.29, 1.82) is 0 Å². The van der Waals surface area contributed by atoms with Crippen LogP contribution in [0.1, 0.15) is 46.4 Å². The lowest BCUT2D eigenvalue weighted by atomic mass is 10.0. The van der Waals surface area contributed by atoms with Crippen LogP contribution in [-0.4, -0.2) is 38.8 Å². The van der Waals surface area contributed by atoms with Gasteiger partial charge >= 0.3 is 5.97 Å². The molecule has 0 saturated heterocycles. The first-order chi connectivity index (χ1) is 16.8. The number of ether oxygens (including phenoxy) is 4. The first kappa shape index (κ1) is 26.4. The molecule has 0 fully saturated rings. The van der Waals surface area contributed by atoms with Gasteiger partial charge in [0.1, 0.15) is 10.6 Å². The molecule has 1 N–H and O–H groups in total. The molecular weight excluding hydrogens is 490 g/mol. The molecule has 0 atom stereocenters. The van der Waals surface area contributed by atoms with Gasteiger partial charge in [-0.05, 0) is 57.5 Å². The Bertz CT molecular complexity index is 1200. The molecule has 3 aromatic rings. The minimum absolute atomic E-state index is 0.270. The van der Waals surface area contributed by atoms with E-state index in [1.54, 1.807) is 30.3 Å². The van der Waals surface area contributed by atoms with Gasteiger partial charge in [-0.1, -0.05) is 23.7 Å². The van der Waals surface area contributed by atoms with E-state index in [-0.39, 0.29) is 5.56 Å². The van der Waals surface area contributed by atoms with Crippen LogP contribution in [0.15, 0.2) is 36.4 Å². The van der Waals surface area contributed by atoms with E-state index in [1.165, 1.54) is 18.4 Å². The lowest BCUT2D eigenvalue weighted by Gasteiger charge is -2.17. The van der Waals surface area contributed by atoms with Gasteiger partial charge in [-0.15, -0.1) is 11.3 Å². The number of hydrogen-bond donors (Lipinski definition) is 1. The van der Waals surface area contributed by atoms with Crippen molar-refractivity contribution in [2.45, 2.75) is 27.7 Å². The molecule has 1 aromatic heterocycles. The molecule has 7 nitrogen and oxygen atoms in total. The zero-order valence-electron chi connectivity index (χ0n) is 20.3. The Morgan fingerprint density at radius 1 is 0.971 bits per heavy atom. The van der Waals surface area contributed by atoms with Crippen LogP contribution < -0.4 is 19.5 Å². The summed E-state index contributed by atoms with van der Waals surface area (Å²) in [5.41, 5.74) is 1.99. The van der Waals surface area contributed by atoms with Crippen molar-refractivity contribution in [3.63, 3.8) is 0 Å². The fourth-order valence-corrected chi connectivity index (χ4v) is 4.87. The number of halogens is 1. The molecule has 0 spiro atoms. The maximum Gasteiger partial charge on any atom is 0.341 e. The highest BCUT2D eigenvalue weighted by Gasteiger charge is 2.26. The van der Waals surface area contributed by atoms with Crippen LogP contribution in [0, 0.1) is 6.92 Å². The second kappa shape index (κ2) is 12.0. The van der Waals surface area contributed by atoms with Crippen molar-refractivity contribution in [3.8, 4) is 28.4 Å². The zero-order chi connectivity index (χ0) is 25.5. The summed E-state index contributed by atoms with van der Waals surface area (Å²) in [5.74, 6) is 0.259. The predicted molar refractivity (Wildman–Crippen MR) is 139 cm³/mol. The highest BCUT2D eigenvalue weighted by molar-refractivity contribution is 7.17. The largest absolute Gasteiger partial charge is 0.490 e. The van der Waals surface area contributed by atoms with Crippen molar-refractivity contribution >= 4 is 39.8 Å². The molecule has 0 radical (unpaired) electrons. The molecule has 0 aliphatic heterocycles. The van der Waals surface area contributed by atoms with E-state index in [0.717, 1.165) is 10.4 Å². The molecule has 1 heterocycles. The number of carbonyl (C=O) groups is 2. The van der Waals surface area contributed by atoms with Crippen molar-refractivity contribution in [3.05, 3.63) is 57.4 Å². The van der Waals surface area contributed by atoms with Crippen LogP contribution in [0.2, 0.25) is 5.02 Å². The number of methoxy groups -OCH3 is 1. The SMILES string of the molecule is CCOc1cc(C(=O)Nc2sc(C)c(-c3cccc(Cl)c3)c2C(=O)OC)cc(OCC)c1OCC. The third kappa shape index (κ3) is 5.89. The smallest absolute Gasteiger partial charge is 0.341 e. The molecular formula is C26H28ClNO6S. The van der Waals surface area contributed by atoms with Crippen LogP contribution in [0.5, 0.6) is 17.2 Å². The standard InChI is InChI=1S/C26H28ClNO6S/c1-6-32-19-13-17(14-20(33-7-2)23(19)34-8-3)24(29)28-25-22(26(30)31-5)21(15(4)35-25)16-10-9-11-18(27)12-16/h9-14H,6-8H2,1-5H3,(H,28,29). The van der Waals surface area contributed by atoms with Crippen molar-refractivity contribution in [2.75, 3.05) is 32.2 Å². The number of aryl methyl sites for hydroxylation is 1. The Kier molecular flexibility index (Phi) is 9.01. The summed E-state index contributed by atoms with van der Waals surface area (Å²) >= 11 is 7.47. The first-order valence-electron chi connectivity index (χ1n) is 11.2. The Hall–Kier alpha value is -3.23. The third-order valence-electron chi connectivity index (χ3n) is 4.99. The fraction of sp³-hybridized carbons (Fsp3) is 0.308. The Morgan fingerprint density at radius 2 is 1.60 bits per heavy atom. The number of hydrogen-bond acceptors (Lipinski definition) is 7. The summed E-state index contributed by atoms with van der Waals surface area (Å²) in [7, 11) is 1.30. The summed E-state index contributed by atoms with van der Waals surface area (Å²) < 4.78 is 22.2. The van der Waals surface area contributed by atoms with E-state index in [9.17, 15) is 9.59 Å². The number of rotatable bonds is 10. The molecule has 3 rings (SSSR count). The van der Waals surface area contributed by atoms with E-state index in [0.29, 0.717) is 58.2 Å². The molecule has 0 aliphatic carbocycles. The van der Waals surface area contributed by atoms with Gasteiger partial charge in [0.2, 0.25) is 5.75 Å². The van der Waals surface area contributed by atoms with Crippen molar-refractivity contribution in [2.24, 2.45) is 0 Å². The molecule has 0 unspecified atom stereocenters. The molecule has 186 valence electrons. The average molecular weight is 518 g/mol. The van der Waals surface area contributed by atoms with Gasteiger partial charge in [0, 0.05) is 21.0 Å². The molecule has 0 aliphatic rings. The van der Waals surface area contributed by atoms with Gasteiger partial charge in [0.05, 0.1) is 26.9 Å². The summed E-state index contributed by atoms with van der Waals surface area (Å²) in [4.78, 5) is 27.0. The van der Waals surface area contributed by atoms with Crippen molar-refractivity contribution < 1.29 is 28.5 Å². The lowest BCUT2D eigenvalue weighted by Crippen LogP contribution is -2.15. The molecule has 0 saturated carbocycles. The Morgan fingerprint density at radius 3 is 2.14 bits per heavy atom. The maximum atomic E-state index is 13.3. The minimum Gasteiger partial charge on any atom is -0.490 e. The van der Waals surface area contributed by atoms with Crippen LogP contribution in [0.4, 0.5) is 5.00 Å². The second-order valence-corrected chi connectivity index (χ2v) is 8.96. The van der Waals surface area contributed by atoms with Crippen LogP contribution in [0.3, 0.4) is 0 Å². The summed E-state index contributed by atoms with van der Waals surface area (Å²) in [6, 6.07) is 10.4. The first-order valence-corrected chi connectivity index (χ1v) is 12.4. The van der Waals surface area contributed by atoms with E-state index < -0.39 is 11.9 Å². The van der Waals surface area contributed by atoms with Gasteiger partial charge in [-0.3, -0.25) is 4.79 Å². The molecule has 1 amide bonds. The predicted octanol–water partition coefficient (Wildman–Crippen LogP) is 6.61. The molecule has 2 aromatic carbocycles. The monoisotopic (exact) mass is 517 g/mol. The summed E-state index contributed by atoms with van der Waals surface area (Å²) in [5, 5.41) is 3.78.